The highest BCUT2D eigenvalue weighted by molar-refractivity contribution is 5.99. The zero-order chi connectivity index (χ0) is 24.6. The van der Waals surface area contributed by atoms with Crippen LogP contribution in [0.5, 0.6) is 5.75 Å². The summed E-state index contributed by atoms with van der Waals surface area (Å²) in [6.07, 6.45) is 2.75. The maximum absolute atomic E-state index is 13.0. The molecule has 178 valence electrons. The fourth-order valence-electron chi connectivity index (χ4n) is 3.66. The van der Waals surface area contributed by atoms with E-state index in [4.69, 9.17) is 4.98 Å². The van der Waals surface area contributed by atoms with Crippen LogP contribution in [-0.4, -0.2) is 44.7 Å². The van der Waals surface area contributed by atoms with E-state index < -0.39 is 6.10 Å². The second-order valence-electron chi connectivity index (χ2n) is 8.13. The third kappa shape index (κ3) is 6.18. The van der Waals surface area contributed by atoms with Gasteiger partial charge >= 0.3 is 0 Å². The van der Waals surface area contributed by atoms with Crippen LogP contribution in [-0.2, 0) is 6.54 Å². The largest absolute Gasteiger partial charge is 0.508 e. The fourth-order valence-corrected chi connectivity index (χ4v) is 3.66. The first-order chi connectivity index (χ1) is 17.0. The van der Waals surface area contributed by atoms with Crippen molar-refractivity contribution in [2.45, 2.75) is 19.1 Å². The Labute approximate surface area is 204 Å². The molecule has 2 aromatic heterocycles. The molecule has 4 aromatic rings. The van der Waals surface area contributed by atoms with E-state index in [2.05, 4.69) is 15.3 Å². The summed E-state index contributed by atoms with van der Waals surface area (Å²) in [5.74, 6) is 0.236. The molecule has 0 aliphatic rings. The van der Waals surface area contributed by atoms with Gasteiger partial charge in [0.2, 0.25) is 5.95 Å². The highest BCUT2D eigenvalue weighted by Crippen LogP contribution is 2.24. The van der Waals surface area contributed by atoms with Crippen molar-refractivity contribution in [3.8, 4) is 17.0 Å². The van der Waals surface area contributed by atoms with Crippen LogP contribution in [0.25, 0.3) is 11.3 Å². The number of hydrogen-bond donors (Lipinski definition) is 3. The number of aromatic nitrogens is 3. The summed E-state index contributed by atoms with van der Waals surface area (Å²) >= 11 is 0. The van der Waals surface area contributed by atoms with Gasteiger partial charge in [0.25, 0.3) is 5.91 Å². The van der Waals surface area contributed by atoms with Crippen molar-refractivity contribution < 1.29 is 15.0 Å². The lowest BCUT2D eigenvalue weighted by molar-refractivity contribution is 0.0942. The van der Waals surface area contributed by atoms with E-state index in [1.54, 1.807) is 24.4 Å². The number of rotatable bonds is 9. The van der Waals surface area contributed by atoms with Gasteiger partial charge in [0.1, 0.15) is 5.75 Å². The number of pyridine rings is 1. The summed E-state index contributed by atoms with van der Waals surface area (Å²) in [4.78, 5) is 28.4. The maximum atomic E-state index is 13.0. The minimum absolute atomic E-state index is 0.0864. The number of amides is 1. The van der Waals surface area contributed by atoms with Gasteiger partial charge < -0.3 is 20.4 Å². The van der Waals surface area contributed by atoms with Crippen LogP contribution in [0.1, 0.15) is 34.1 Å². The molecule has 0 aliphatic heterocycles. The number of aliphatic hydroxyl groups excluding tert-OH is 1. The topological polar surface area (TPSA) is 111 Å². The quantitative estimate of drug-likeness (QED) is 0.342. The molecule has 0 bridgehead atoms. The number of phenols is 1. The van der Waals surface area contributed by atoms with Crippen LogP contribution in [0.2, 0.25) is 0 Å². The Bertz CT molecular complexity index is 1270. The molecule has 0 saturated carbocycles. The molecule has 0 aliphatic carbocycles. The summed E-state index contributed by atoms with van der Waals surface area (Å²) in [6.45, 7) is 0.763. The molecular formula is C27H27N5O3. The smallest absolute Gasteiger partial charge is 0.255 e. The molecule has 0 fully saturated rings. The standard InChI is InChI=1S/C27H27N5O3/c1-32(18-21-11-5-6-14-28-21)27-30-17-23(25(31-27)19-8-3-2-4-9-19)26(35)29-15-13-24(34)20-10-7-12-22(33)16-20/h2-12,14,16-17,24,33-34H,13,15,18H2,1H3,(H,29,35). The molecule has 4 rings (SSSR count). The molecule has 0 radical (unpaired) electrons. The number of benzene rings is 2. The Hall–Kier alpha value is -4.30. The third-order valence-corrected chi connectivity index (χ3v) is 5.49. The van der Waals surface area contributed by atoms with Gasteiger partial charge in [0.05, 0.1) is 29.6 Å². The summed E-state index contributed by atoms with van der Waals surface area (Å²) in [5.41, 5.74) is 3.14. The molecule has 1 atom stereocenters. The van der Waals surface area contributed by atoms with Gasteiger partial charge in [-0.05, 0) is 36.2 Å². The normalized spacial score (nSPS) is 11.6. The number of hydrogen-bond acceptors (Lipinski definition) is 7. The molecule has 3 N–H and O–H groups in total. The molecule has 35 heavy (non-hydrogen) atoms. The first-order valence-corrected chi connectivity index (χ1v) is 11.3. The highest BCUT2D eigenvalue weighted by Gasteiger charge is 2.18. The number of aromatic hydroxyl groups is 1. The van der Waals surface area contributed by atoms with Crippen molar-refractivity contribution in [3.05, 3.63) is 102 Å². The molecule has 1 unspecified atom stereocenters. The van der Waals surface area contributed by atoms with E-state index in [0.717, 1.165) is 11.3 Å². The maximum Gasteiger partial charge on any atom is 0.255 e. The van der Waals surface area contributed by atoms with E-state index in [1.165, 1.54) is 12.3 Å². The van der Waals surface area contributed by atoms with E-state index in [-0.39, 0.29) is 18.2 Å². The summed E-state index contributed by atoms with van der Waals surface area (Å²) < 4.78 is 0. The Morgan fingerprint density at radius 2 is 1.83 bits per heavy atom. The molecule has 2 heterocycles. The van der Waals surface area contributed by atoms with Gasteiger partial charge in [-0.25, -0.2) is 9.97 Å². The van der Waals surface area contributed by atoms with Crippen LogP contribution in [0.3, 0.4) is 0 Å². The van der Waals surface area contributed by atoms with Crippen LogP contribution in [0.15, 0.2) is 85.2 Å². The molecule has 1 amide bonds. The van der Waals surface area contributed by atoms with Crippen molar-refractivity contribution in [2.24, 2.45) is 0 Å². The minimum atomic E-state index is -0.810. The van der Waals surface area contributed by atoms with Crippen molar-refractivity contribution >= 4 is 11.9 Å². The van der Waals surface area contributed by atoms with Crippen LogP contribution < -0.4 is 10.2 Å². The number of phenolic OH excluding ortho intramolecular Hbond substituents is 1. The number of aliphatic hydroxyl groups is 1. The Morgan fingerprint density at radius 1 is 1.03 bits per heavy atom. The number of carbonyl (C=O) groups is 1. The second-order valence-corrected chi connectivity index (χ2v) is 8.13. The molecule has 0 saturated heterocycles. The number of carbonyl (C=O) groups excluding carboxylic acids is 1. The van der Waals surface area contributed by atoms with Gasteiger partial charge in [-0.2, -0.15) is 0 Å². The van der Waals surface area contributed by atoms with Crippen molar-refractivity contribution in [1.29, 1.82) is 0 Å². The first kappa shape index (κ1) is 23.8. The lowest BCUT2D eigenvalue weighted by Gasteiger charge is -2.19. The minimum Gasteiger partial charge on any atom is -0.508 e. The predicted molar refractivity (Wildman–Crippen MR) is 134 cm³/mol. The Morgan fingerprint density at radius 3 is 2.57 bits per heavy atom. The van der Waals surface area contributed by atoms with Gasteiger partial charge in [-0.1, -0.05) is 48.5 Å². The van der Waals surface area contributed by atoms with Crippen LogP contribution >= 0.6 is 0 Å². The summed E-state index contributed by atoms with van der Waals surface area (Å²) in [6, 6.07) is 21.7. The van der Waals surface area contributed by atoms with E-state index in [9.17, 15) is 15.0 Å². The third-order valence-electron chi connectivity index (χ3n) is 5.49. The monoisotopic (exact) mass is 469 g/mol. The van der Waals surface area contributed by atoms with Gasteiger partial charge in [-0.3, -0.25) is 9.78 Å². The SMILES string of the molecule is CN(Cc1ccccn1)c1ncc(C(=O)NCCC(O)c2cccc(O)c2)c(-c2ccccc2)n1. The van der Waals surface area contributed by atoms with Crippen molar-refractivity contribution in [2.75, 3.05) is 18.5 Å². The van der Waals surface area contributed by atoms with Gasteiger partial charge in [0, 0.05) is 31.5 Å². The lowest BCUT2D eigenvalue weighted by atomic mass is 10.1. The first-order valence-electron chi connectivity index (χ1n) is 11.3. The van der Waals surface area contributed by atoms with Crippen LogP contribution in [0, 0.1) is 0 Å². The van der Waals surface area contributed by atoms with E-state index in [0.29, 0.717) is 35.7 Å². The molecule has 2 aromatic carbocycles. The van der Waals surface area contributed by atoms with Crippen molar-refractivity contribution in [3.63, 3.8) is 0 Å². The van der Waals surface area contributed by atoms with Gasteiger partial charge in [0.15, 0.2) is 0 Å². The zero-order valence-electron chi connectivity index (χ0n) is 19.4. The molecule has 0 spiro atoms. The highest BCUT2D eigenvalue weighted by atomic mass is 16.3. The second kappa shape index (κ2) is 11.2. The summed E-state index contributed by atoms with van der Waals surface area (Å²) in [7, 11) is 1.88. The summed E-state index contributed by atoms with van der Waals surface area (Å²) in [5, 5.41) is 22.8. The van der Waals surface area contributed by atoms with Crippen molar-refractivity contribution in [1.82, 2.24) is 20.3 Å². The Kier molecular flexibility index (Phi) is 7.64. The predicted octanol–water partition coefficient (Wildman–Crippen LogP) is 3.73. The number of nitrogens with zero attached hydrogens (tertiary/aromatic N) is 4. The molecule has 8 nitrogen and oxygen atoms in total. The van der Waals surface area contributed by atoms with Gasteiger partial charge in [-0.15, -0.1) is 0 Å². The van der Waals surface area contributed by atoms with E-state index >= 15 is 0 Å². The van der Waals surface area contributed by atoms with Crippen LogP contribution in [0.4, 0.5) is 5.95 Å². The number of anilines is 1. The average molecular weight is 470 g/mol. The number of nitrogens with one attached hydrogen (secondary N) is 1. The van der Waals surface area contributed by atoms with E-state index in [1.807, 2.05) is 60.5 Å². The zero-order valence-corrected chi connectivity index (χ0v) is 19.4. The molecule has 8 heteroatoms. The average Bonchev–Trinajstić information content (AvgIpc) is 2.89. The Balaban J connectivity index is 1.50. The molecular weight excluding hydrogens is 442 g/mol. The fraction of sp³-hybridized carbons (Fsp3) is 0.185. The lowest BCUT2D eigenvalue weighted by Crippen LogP contribution is -2.27.